The van der Waals surface area contributed by atoms with Crippen molar-refractivity contribution >= 4 is 15.9 Å². The molecule has 0 amide bonds. The molecule has 0 N–H and O–H groups in total. The minimum Gasteiger partial charge on any atom is -0.306 e. The average Bonchev–Trinajstić information content (AvgIpc) is 2.27. The van der Waals surface area contributed by atoms with E-state index in [2.05, 4.69) is 27.9 Å². The Labute approximate surface area is 116 Å². The van der Waals surface area contributed by atoms with E-state index >= 15 is 0 Å². The van der Waals surface area contributed by atoms with Crippen LogP contribution in [0.1, 0.15) is 64.2 Å². The van der Waals surface area contributed by atoms with Crippen molar-refractivity contribution in [2.24, 2.45) is 5.92 Å². The Morgan fingerprint density at radius 2 is 1.53 bits per heavy atom. The molecule has 1 nitrogen and oxygen atoms in total. The van der Waals surface area contributed by atoms with Gasteiger partial charge < -0.3 is 4.90 Å². The van der Waals surface area contributed by atoms with E-state index in [-0.39, 0.29) is 0 Å². The van der Waals surface area contributed by atoms with Gasteiger partial charge in [0, 0.05) is 11.9 Å². The van der Waals surface area contributed by atoms with Gasteiger partial charge in [-0.05, 0) is 45.2 Å². The van der Waals surface area contributed by atoms with Gasteiger partial charge in [-0.15, -0.1) is 0 Å². The van der Waals surface area contributed by atoms with Crippen LogP contribution in [-0.2, 0) is 0 Å². The van der Waals surface area contributed by atoms with E-state index in [4.69, 9.17) is 0 Å². The molecular weight excluding hydrogens is 274 g/mol. The summed E-state index contributed by atoms with van der Waals surface area (Å²) in [6, 6.07) is 0. The fourth-order valence-electron chi connectivity index (χ4n) is 2.57. The first-order valence-electron chi connectivity index (χ1n) is 7.57. The summed E-state index contributed by atoms with van der Waals surface area (Å²) in [5.41, 5.74) is 0. The molecule has 17 heavy (non-hydrogen) atoms. The molecule has 1 saturated carbocycles. The van der Waals surface area contributed by atoms with Crippen molar-refractivity contribution in [3.8, 4) is 0 Å². The number of hydrogen-bond acceptors (Lipinski definition) is 1. The van der Waals surface area contributed by atoms with E-state index in [1.807, 2.05) is 0 Å². The summed E-state index contributed by atoms with van der Waals surface area (Å²) in [4.78, 5) is 2.55. The molecule has 2 heteroatoms. The smallest absolute Gasteiger partial charge is 0.00313 e. The summed E-state index contributed by atoms with van der Waals surface area (Å²) in [7, 11) is 2.30. The Balaban J connectivity index is 1.76. The molecule has 1 rings (SSSR count). The first-order chi connectivity index (χ1) is 8.33. The van der Waals surface area contributed by atoms with Crippen LogP contribution in [0.4, 0.5) is 0 Å². The SMILES string of the molecule is CN(CCCCCCCCCBr)CC1CCC1. The lowest BCUT2D eigenvalue weighted by atomic mass is 9.85. The minimum atomic E-state index is 1.03. The van der Waals surface area contributed by atoms with E-state index in [1.165, 1.54) is 82.6 Å². The first-order valence-corrected chi connectivity index (χ1v) is 8.69. The molecule has 0 radical (unpaired) electrons. The largest absolute Gasteiger partial charge is 0.306 e. The van der Waals surface area contributed by atoms with Gasteiger partial charge in [0.1, 0.15) is 0 Å². The van der Waals surface area contributed by atoms with Crippen molar-refractivity contribution in [3.63, 3.8) is 0 Å². The van der Waals surface area contributed by atoms with E-state index in [1.54, 1.807) is 0 Å². The summed E-state index contributed by atoms with van der Waals surface area (Å²) in [6.45, 7) is 2.67. The third-order valence-corrected chi connectivity index (χ3v) is 4.53. The molecule has 1 fully saturated rings. The van der Waals surface area contributed by atoms with Gasteiger partial charge in [0.25, 0.3) is 0 Å². The zero-order valence-electron chi connectivity index (χ0n) is 11.6. The monoisotopic (exact) mass is 303 g/mol. The van der Waals surface area contributed by atoms with Gasteiger partial charge in [0.15, 0.2) is 0 Å². The molecule has 0 saturated heterocycles. The lowest BCUT2D eigenvalue weighted by molar-refractivity contribution is 0.203. The molecule has 0 aromatic carbocycles. The summed E-state index contributed by atoms with van der Waals surface area (Å²) in [6.07, 6.45) is 14.4. The molecule has 0 aromatic heterocycles. The molecule has 1 aliphatic carbocycles. The highest BCUT2D eigenvalue weighted by Crippen LogP contribution is 2.26. The Bertz CT molecular complexity index is 168. The molecular formula is C15H30BrN. The van der Waals surface area contributed by atoms with Gasteiger partial charge in [0.05, 0.1) is 0 Å². The number of rotatable bonds is 11. The van der Waals surface area contributed by atoms with Gasteiger partial charge in [-0.25, -0.2) is 0 Å². The Morgan fingerprint density at radius 1 is 0.941 bits per heavy atom. The maximum atomic E-state index is 3.48. The molecule has 0 heterocycles. The zero-order chi connectivity index (χ0) is 12.3. The predicted molar refractivity (Wildman–Crippen MR) is 81.0 cm³/mol. The lowest BCUT2D eigenvalue weighted by Crippen LogP contribution is -2.30. The quantitative estimate of drug-likeness (QED) is 0.390. The summed E-state index contributed by atoms with van der Waals surface area (Å²) >= 11 is 3.48. The van der Waals surface area contributed by atoms with Crippen LogP contribution in [0.25, 0.3) is 0 Å². The van der Waals surface area contributed by atoms with Crippen LogP contribution in [0.15, 0.2) is 0 Å². The van der Waals surface area contributed by atoms with Crippen molar-refractivity contribution < 1.29 is 0 Å². The van der Waals surface area contributed by atoms with Gasteiger partial charge >= 0.3 is 0 Å². The van der Waals surface area contributed by atoms with Crippen LogP contribution in [0.2, 0.25) is 0 Å². The number of halogens is 1. The summed E-state index contributed by atoms with van der Waals surface area (Å²) in [5, 5.41) is 1.18. The Morgan fingerprint density at radius 3 is 2.06 bits per heavy atom. The topological polar surface area (TPSA) is 3.24 Å². The number of nitrogens with zero attached hydrogens (tertiary/aromatic N) is 1. The predicted octanol–water partition coefficient (Wildman–Crippen LogP) is 4.84. The van der Waals surface area contributed by atoms with E-state index in [0.29, 0.717) is 0 Å². The van der Waals surface area contributed by atoms with E-state index in [0.717, 1.165) is 5.92 Å². The zero-order valence-corrected chi connectivity index (χ0v) is 13.2. The molecule has 0 bridgehead atoms. The van der Waals surface area contributed by atoms with Gasteiger partial charge in [0.2, 0.25) is 0 Å². The van der Waals surface area contributed by atoms with Crippen LogP contribution in [-0.4, -0.2) is 30.4 Å². The number of unbranched alkanes of at least 4 members (excludes halogenated alkanes) is 6. The normalized spacial score (nSPS) is 16.4. The fourth-order valence-corrected chi connectivity index (χ4v) is 2.96. The molecule has 0 spiro atoms. The second-order valence-electron chi connectivity index (χ2n) is 5.72. The van der Waals surface area contributed by atoms with Crippen LogP contribution < -0.4 is 0 Å². The Kier molecular flexibility index (Phi) is 9.45. The maximum Gasteiger partial charge on any atom is 0.00313 e. The third-order valence-electron chi connectivity index (χ3n) is 3.97. The lowest BCUT2D eigenvalue weighted by Gasteiger charge is -2.30. The molecule has 102 valence electrons. The molecule has 0 aromatic rings. The van der Waals surface area contributed by atoms with Gasteiger partial charge in [-0.3, -0.25) is 0 Å². The van der Waals surface area contributed by atoms with Crippen molar-refractivity contribution in [2.45, 2.75) is 64.2 Å². The standard InChI is InChI=1S/C15H30BrN/c1-17(14-15-10-9-11-15)13-8-6-4-2-3-5-7-12-16/h15H,2-14H2,1H3. The van der Waals surface area contributed by atoms with Gasteiger partial charge in [-0.2, -0.15) is 0 Å². The number of hydrogen-bond donors (Lipinski definition) is 0. The van der Waals surface area contributed by atoms with Crippen molar-refractivity contribution in [3.05, 3.63) is 0 Å². The maximum absolute atomic E-state index is 3.48. The van der Waals surface area contributed by atoms with Crippen LogP contribution >= 0.6 is 15.9 Å². The second kappa shape index (κ2) is 10.4. The first kappa shape index (κ1) is 15.5. The molecule has 1 aliphatic rings. The second-order valence-corrected chi connectivity index (χ2v) is 6.52. The Hall–Kier alpha value is 0.440. The molecule has 0 aliphatic heterocycles. The summed E-state index contributed by atoms with van der Waals surface area (Å²) in [5.74, 6) is 1.03. The highest BCUT2D eigenvalue weighted by molar-refractivity contribution is 9.09. The number of alkyl halides is 1. The van der Waals surface area contributed by atoms with Crippen LogP contribution in [0.3, 0.4) is 0 Å². The van der Waals surface area contributed by atoms with E-state index < -0.39 is 0 Å². The van der Waals surface area contributed by atoms with Crippen molar-refractivity contribution in [2.75, 3.05) is 25.5 Å². The molecule has 0 atom stereocenters. The van der Waals surface area contributed by atoms with Crippen molar-refractivity contribution in [1.29, 1.82) is 0 Å². The van der Waals surface area contributed by atoms with Crippen LogP contribution in [0.5, 0.6) is 0 Å². The molecule has 0 unspecified atom stereocenters. The van der Waals surface area contributed by atoms with E-state index in [9.17, 15) is 0 Å². The fraction of sp³-hybridized carbons (Fsp3) is 1.00. The highest BCUT2D eigenvalue weighted by Gasteiger charge is 2.18. The highest BCUT2D eigenvalue weighted by atomic mass is 79.9. The average molecular weight is 304 g/mol. The van der Waals surface area contributed by atoms with Crippen LogP contribution in [0, 0.1) is 5.92 Å². The van der Waals surface area contributed by atoms with Gasteiger partial charge in [-0.1, -0.05) is 54.5 Å². The third kappa shape index (κ3) is 8.20. The summed E-state index contributed by atoms with van der Waals surface area (Å²) < 4.78 is 0. The minimum absolute atomic E-state index is 1.03. The van der Waals surface area contributed by atoms with Crippen molar-refractivity contribution in [1.82, 2.24) is 4.90 Å².